The molecule has 0 amide bonds. The molecule has 0 fully saturated rings. The number of halogens is 2. The summed E-state index contributed by atoms with van der Waals surface area (Å²) in [6.07, 6.45) is 1.94. The lowest BCUT2D eigenvalue weighted by molar-refractivity contribution is -0.730. The van der Waals surface area contributed by atoms with Gasteiger partial charge in [-0.3, -0.25) is 0 Å². The molecule has 0 saturated heterocycles. The van der Waals surface area contributed by atoms with E-state index >= 15 is 0 Å². The monoisotopic (exact) mass is 243 g/mol. The first-order valence-electron chi connectivity index (χ1n) is 4.78. The number of hydrogen-bond donors (Lipinski definition) is 1. The van der Waals surface area contributed by atoms with E-state index in [1.165, 1.54) is 0 Å². The maximum atomic E-state index is 6.01. The van der Waals surface area contributed by atoms with Crippen molar-refractivity contribution in [3.8, 4) is 0 Å². The molecular weight excluding hydrogens is 231 g/mol. The number of aromatic nitrogens is 2. The predicted octanol–water partition coefficient (Wildman–Crippen LogP) is 3.52. The minimum Gasteiger partial charge on any atom is -0.243 e. The van der Waals surface area contributed by atoms with Crippen molar-refractivity contribution in [1.82, 2.24) is 4.98 Å². The molecule has 0 unspecified atom stereocenters. The van der Waals surface area contributed by atoms with Crippen LogP contribution < -0.4 is 4.57 Å². The van der Waals surface area contributed by atoms with Crippen molar-refractivity contribution in [3.05, 3.63) is 28.5 Å². The van der Waals surface area contributed by atoms with Crippen molar-refractivity contribution in [3.63, 3.8) is 0 Å². The largest absolute Gasteiger partial charge is 0.243 e. The van der Waals surface area contributed by atoms with Gasteiger partial charge in [-0.1, -0.05) is 23.2 Å². The number of nitrogens with one attached hydrogen (secondary N) is 1. The van der Waals surface area contributed by atoms with Crippen LogP contribution in [0.25, 0.3) is 11.0 Å². The summed E-state index contributed by atoms with van der Waals surface area (Å²) < 4.78 is 2.14. The molecule has 1 N–H and O–H groups in total. The summed E-state index contributed by atoms with van der Waals surface area (Å²) in [7, 11) is 0. The smallest absolute Gasteiger partial charge is 0.242 e. The van der Waals surface area contributed by atoms with E-state index in [4.69, 9.17) is 23.2 Å². The standard InChI is InChI=1S/C11H12Cl2N2/c1-11(2,3)15-6-14-9-4-7(12)8(13)5-10(9)15/h4-6H,1-3H3/p+1. The molecule has 15 heavy (non-hydrogen) atoms. The van der Waals surface area contributed by atoms with Crippen LogP contribution in [0.15, 0.2) is 18.5 Å². The minimum atomic E-state index is 0.0232. The third kappa shape index (κ3) is 1.84. The van der Waals surface area contributed by atoms with Crippen LogP contribution in [0.2, 0.25) is 10.0 Å². The SMILES string of the molecule is CC(C)(C)[n+]1c[nH]c2cc(Cl)c(Cl)cc21. The summed E-state index contributed by atoms with van der Waals surface area (Å²) in [5.41, 5.74) is 2.09. The van der Waals surface area contributed by atoms with Crippen molar-refractivity contribution in [1.29, 1.82) is 0 Å². The quantitative estimate of drug-likeness (QED) is 0.684. The van der Waals surface area contributed by atoms with Crippen LogP contribution in [0.1, 0.15) is 20.8 Å². The molecule has 0 spiro atoms. The van der Waals surface area contributed by atoms with E-state index in [0.29, 0.717) is 10.0 Å². The number of H-pyrrole nitrogens is 1. The van der Waals surface area contributed by atoms with Crippen LogP contribution >= 0.6 is 23.2 Å². The van der Waals surface area contributed by atoms with Gasteiger partial charge in [0.1, 0.15) is 5.54 Å². The first kappa shape index (κ1) is 10.8. The zero-order chi connectivity index (χ0) is 11.2. The van der Waals surface area contributed by atoms with Gasteiger partial charge in [0, 0.05) is 12.1 Å². The molecule has 1 heterocycles. The number of fused-ring (bicyclic) bond motifs is 1. The van der Waals surface area contributed by atoms with Crippen LogP contribution in [0.4, 0.5) is 0 Å². The van der Waals surface area contributed by atoms with E-state index in [0.717, 1.165) is 11.0 Å². The maximum absolute atomic E-state index is 6.01. The molecule has 80 valence electrons. The van der Waals surface area contributed by atoms with Gasteiger partial charge in [-0.2, -0.15) is 0 Å². The van der Waals surface area contributed by atoms with Crippen LogP contribution in [-0.4, -0.2) is 4.98 Å². The third-order valence-electron chi connectivity index (χ3n) is 2.37. The lowest BCUT2D eigenvalue weighted by atomic mass is 10.1. The molecule has 0 aliphatic carbocycles. The van der Waals surface area contributed by atoms with Gasteiger partial charge in [-0.05, 0) is 20.8 Å². The molecule has 1 aromatic heterocycles. The van der Waals surface area contributed by atoms with Gasteiger partial charge in [0.25, 0.3) is 0 Å². The van der Waals surface area contributed by atoms with E-state index in [1.807, 2.05) is 18.5 Å². The number of hydrogen-bond acceptors (Lipinski definition) is 0. The lowest BCUT2D eigenvalue weighted by Crippen LogP contribution is -2.49. The molecule has 2 aromatic rings. The molecule has 0 aliphatic heterocycles. The number of nitrogens with zero attached hydrogens (tertiary/aromatic N) is 1. The third-order valence-corrected chi connectivity index (χ3v) is 3.09. The van der Waals surface area contributed by atoms with Gasteiger partial charge in [-0.15, -0.1) is 0 Å². The Labute approximate surface area is 98.8 Å². The molecule has 4 heteroatoms. The van der Waals surface area contributed by atoms with Gasteiger partial charge >= 0.3 is 0 Å². The average molecular weight is 244 g/mol. The number of imidazole rings is 1. The fourth-order valence-electron chi connectivity index (χ4n) is 1.61. The van der Waals surface area contributed by atoms with Crippen molar-refractivity contribution in [2.45, 2.75) is 26.3 Å². The van der Waals surface area contributed by atoms with Crippen LogP contribution in [0, 0.1) is 0 Å². The van der Waals surface area contributed by atoms with Gasteiger partial charge < -0.3 is 0 Å². The maximum Gasteiger partial charge on any atom is 0.242 e. The van der Waals surface area contributed by atoms with Gasteiger partial charge in [0.2, 0.25) is 6.33 Å². The highest BCUT2D eigenvalue weighted by Gasteiger charge is 2.23. The highest BCUT2D eigenvalue weighted by molar-refractivity contribution is 6.42. The highest BCUT2D eigenvalue weighted by atomic mass is 35.5. The van der Waals surface area contributed by atoms with Gasteiger partial charge in [-0.25, -0.2) is 9.55 Å². The molecule has 0 radical (unpaired) electrons. The molecule has 0 saturated carbocycles. The summed E-state index contributed by atoms with van der Waals surface area (Å²) in [5.74, 6) is 0. The number of rotatable bonds is 0. The van der Waals surface area contributed by atoms with Crippen molar-refractivity contribution in [2.75, 3.05) is 0 Å². The van der Waals surface area contributed by atoms with E-state index < -0.39 is 0 Å². The minimum absolute atomic E-state index is 0.0232. The molecule has 1 aromatic carbocycles. The summed E-state index contributed by atoms with van der Waals surface area (Å²) in [5, 5.41) is 1.16. The van der Waals surface area contributed by atoms with Crippen LogP contribution in [0.3, 0.4) is 0 Å². The second kappa shape index (κ2) is 3.39. The van der Waals surface area contributed by atoms with Gasteiger partial charge in [0.05, 0.1) is 10.0 Å². The van der Waals surface area contributed by atoms with Crippen molar-refractivity contribution in [2.24, 2.45) is 0 Å². The average Bonchev–Trinajstić information content (AvgIpc) is 2.47. The predicted molar refractivity (Wildman–Crippen MR) is 63.5 cm³/mol. The normalized spacial score (nSPS) is 12.3. The van der Waals surface area contributed by atoms with Crippen LogP contribution in [0.5, 0.6) is 0 Å². The molecular formula is C11H13Cl2N2+. The van der Waals surface area contributed by atoms with E-state index in [9.17, 15) is 0 Å². The highest BCUT2D eigenvalue weighted by Crippen LogP contribution is 2.26. The Bertz CT molecular complexity index is 509. The molecule has 0 bridgehead atoms. The molecule has 2 rings (SSSR count). The zero-order valence-corrected chi connectivity index (χ0v) is 10.4. The van der Waals surface area contributed by atoms with Gasteiger partial charge in [0.15, 0.2) is 11.0 Å². The van der Waals surface area contributed by atoms with Crippen LogP contribution in [-0.2, 0) is 5.54 Å². The lowest BCUT2D eigenvalue weighted by Gasteiger charge is -2.14. The van der Waals surface area contributed by atoms with E-state index in [-0.39, 0.29) is 5.54 Å². The summed E-state index contributed by atoms with van der Waals surface area (Å²) in [6.45, 7) is 6.42. The second-order valence-electron chi connectivity index (χ2n) is 4.60. The Morgan fingerprint density at radius 1 is 1.13 bits per heavy atom. The zero-order valence-electron chi connectivity index (χ0n) is 8.94. The Balaban J connectivity index is 2.75. The van der Waals surface area contributed by atoms with Crippen molar-refractivity contribution >= 4 is 34.2 Å². The Morgan fingerprint density at radius 2 is 1.73 bits per heavy atom. The topological polar surface area (TPSA) is 19.7 Å². The first-order valence-corrected chi connectivity index (χ1v) is 5.53. The summed E-state index contributed by atoms with van der Waals surface area (Å²) in [6, 6.07) is 3.74. The first-order chi connectivity index (χ1) is 6.89. The van der Waals surface area contributed by atoms with E-state index in [2.05, 4.69) is 30.3 Å². The molecule has 0 atom stereocenters. The number of aromatic amines is 1. The van der Waals surface area contributed by atoms with Crippen molar-refractivity contribution < 1.29 is 4.57 Å². The van der Waals surface area contributed by atoms with E-state index in [1.54, 1.807) is 0 Å². The Kier molecular flexibility index (Phi) is 2.44. The second-order valence-corrected chi connectivity index (χ2v) is 5.41. The summed E-state index contributed by atoms with van der Waals surface area (Å²) >= 11 is 12.0. The number of benzene rings is 1. The fourth-order valence-corrected chi connectivity index (χ4v) is 1.93. The summed E-state index contributed by atoms with van der Waals surface area (Å²) in [4.78, 5) is 3.18. The Morgan fingerprint density at radius 3 is 2.33 bits per heavy atom. The molecule has 2 nitrogen and oxygen atoms in total. The molecule has 0 aliphatic rings. The Hall–Kier alpha value is -0.730. The fraction of sp³-hybridized carbons (Fsp3) is 0.364.